The molecule has 3 rings (SSSR count). The number of nitrogens with zero attached hydrogens (tertiary/aromatic N) is 1. The summed E-state index contributed by atoms with van der Waals surface area (Å²) >= 11 is 0. The maximum atomic E-state index is 11.9. The lowest BCUT2D eigenvalue weighted by atomic mass is 9.79. The molecule has 0 amide bonds. The molecule has 1 aromatic rings. The molecule has 2 aliphatic rings. The van der Waals surface area contributed by atoms with Crippen molar-refractivity contribution in [3.05, 3.63) is 59.9 Å². The molecule has 0 radical (unpaired) electrons. The van der Waals surface area contributed by atoms with Gasteiger partial charge in [0.2, 0.25) is 0 Å². The van der Waals surface area contributed by atoms with Crippen molar-refractivity contribution < 1.29 is 9.53 Å². The highest BCUT2D eigenvalue weighted by molar-refractivity contribution is 5.91. The van der Waals surface area contributed by atoms with Crippen LogP contribution in [-0.2, 0) is 16.1 Å². The summed E-state index contributed by atoms with van der Waals surface area (Å²) in [6.07, 6.45) is 7.44. The third-order valence-electron chi connectivity index (χ3n) is 4.33. The quantitative estimate of drug-likeness (QED) is 0.794. The Kier molecular flexibility index (Phi) is 4.67. The molecular formula is C20H25NO2. The van der Waals surface area contributed by atoms with Crippen LogP contribution in [0.5, 0.6) is 0 Å². The van der Waals surface area contributed by atoms with E-state index in [2.05, 4.69) is 55.2 Å². The Hall–Kier alpha value is -1.87. The van der Waals surface area contributed by atoms with Gasteiger partial charge in [0.05, 0.1) is 0 Å². The first-order chi connectivity index (χ1) is 11.0. The molecule has 1 atom stereocenters. The molecule has 1 aliphatic heterocycles. The number of carbonyl (C=O) groups excluding carboxylic acids is 1. The highest BCUT2D eigenvalue weighted by atomic mass is 16.5. The fraction of sp³-hybridized carbons (Fsp3) is 0.450. The van der Waals surface area contributed by atoms with Crippen LogP contribution in [0.3, 0.4) is 0 Å². The first-order valence-electron chi connectivity index (χ1n) is 8.33. The number of ether oxygens (including phenoxy) is 1. The van der Waals surface area contributed by atoms with Crippen LogP contribution in [0.25, 0.3) is 0 Å². The molecule has 0 spiro atoms. The van der Waals surface area contributed by atoms with E-state index >= 15 is 0 Å². The molecule has 122 valence electrons. The topological polar surface area (TPSA) is 29.5 Å². The maximum Gasteiger partial charge on any atom is 0.159 e. The second-order valence-corrected chi connectivity index (χ2v) is 7.36. The fourth-order valence-corrected chi connectivity index (χ4v) is 3.36. The molecule has 1 heterocycles. The van der Waals surface area contributed by atoms with E-state index in [9.17, 15) is 4.79 Å². The van der Waals surface area contributed by atoms with Gasteiger partial charge < -0.3 is 4.74 Å². The van der Waals surface area contributed by atoms with Gasteiger partial charge in [-0.05, 0) is 17.1 Å². The van der Waals surface area contributed by atoms with Gasteiger partial charge in [-0.1, -0.05) is 50.3 Å². The second-order valence-electron chi connectivity index (χ2n) is 7.36. The number of hydrogen-bond donors (Lipinski definition) is 0. The Bertz CT molecular complexity index is 616. The van der Waals surface area contributed by atoms with Gasteiger partial charge in [0, 0.05) is 38.6 Å². The molecule has 0 bridgehead atoms. The SMILES string of the molecule is CC1(C)CC(=O)C=C(OC2C=CCN(Cc3ccccc3)C2)C1. The van der Waals surface area contributed by atoms with E-state index in [1.54, 1.807) is 6.08 Å². The molecule has 0 fully saturated rings. The summed E-state index contributed by atoms with van der Waals surface area (Å²) in [6.45, 7) is 6.98. The van der Waals surface area contributed by atoms with E-state index in [1.807, 2.05) is 6.07 Å². The summed E-state index contributed by atoms with van der Waals surface area (Å²) in [5, 5.41) is 0. The van der Waals surface area contributed by atoms with Gasteiger partial charge in [-0.3, -0.25) is 9.69 Å². The summed E-state index contributed by atoms with van der Waals surface area (Å²) in [4.78, 5) is 14.2. The van der Waals surface area contributed by atoms with Crippen molar-refractivity contribution in [1.82, 2.24) is 4.90 Å². The van der Waals surface area contributed by atoms with Crippen LogP contribution in [0.2, 0.25) is 0 Å². The molecule has 23 heavy (non-hydrogen) atoms. The lowest BCUT2D eigenvalue weighted by molar-refractivity contribution is -0.117. The number of rotatable bonds is 4. The van der Waals surface area contributed by atoms with E-state index < -0.39 is 0 Å². The Balaban J connectivity index is 1.60. The van der Waals surface area contributed by atoms with E-state index in [-0.39, 0.29) is 17.3 Å². The van der Waals surface area contributed by atoms with Crippen LogP contribution >= 0.6 is 0 Å². The number of ketones is 1. The highest BCUT2D eigenvalue weighted by Crippen LogP contribution is 2.34. The fourth-order valence-electron chi connectivity index (χ4n) is 3.36. The minimum Gasteiger partial charge on any atom is -0.489 e. The monoisotopic (exact) mass is 311 g/mol. The van der Waals surface area contributed by atoms with Crippen LogP contribution in [0, 0.1) is 5.41 Å². The summed E-state index contributed by atoms with van der Waals surface area (Å²) in [6, 6.07) is 10.5. The Morgan fingerprint density at radius 2 is 2.00 bits per heavy atom. The molecule has 1 unspecified atom stereocenters. The summed E-state index contributed by atoms with van der Waals surface area (Å²) < 4.78 is 6.12. The van der Waals surface area contributed by atoms with Crippen LogP contribution in [0.4, 0.5) is 0 Å². The van der Waals surface area contributed by atoms with E-state index in [4.69, 9.17) is 4.74 Å². The predicted molar refractivity (Wildman–Crippen MR) is 91.8 cm³/mol. The van der Waals surface area contributed by atoms with Gasteiger partial charge in [0.25, 0.3) is 0 Å². The van der Waals surface area contributed by atoms with Gasteiger partial charge in [-0.15, -0.1) is 0 Å². The van der Waals surface area contributed by atoms with Gasteiger partial charge >= 0.3 is 0 Å². The zero-order chi connectivity index (χ0) is 16.3. The summed E-state index contributed by atoms with van der Waals surface area (Å²) in [7, 11) is 0. The molecule has 1 aliphatic carbocycles. The average molecular weight is 311 g/mol. The van der Waals surface area contributed by atoms with Gasteiger partial charge in [0.15, 0.2) is 5.78 Å². The average Bonchev–Trinajstić information content (AvgIpc) is 2.46. The summed E-state index contributed by atoms with van der Waals surface area (Å²) in [5.41, 5.74) is 1.32. The van der Waals surface area contributed by atoms with Crippen molar-refractivity contribution in [3.8, 4) is 0 Å². The predicted octanol–water partition coefficient (Wildman–Crippen LogP) is 3.72. The molecule has 0 N–H and O–H groups in total. The van der Waals surface area contributed by atoms with Crippen LogP contribution < -0.4 is 0 Å². The Morgan fingerprint density at radius 1 is 1.22 bits per heavy atom. The highest BCUT2D eigenvalue weighted by Gasteiger charge is 2.29. The van der Waals surface area contributed by atoms with Gasteiger partial charge in [-0.25, -0.2) is 0 Å². The molecule has 3 heteroatoms. The largest absolute Gasteiger partial charge is 0.489 e. The van der Waals surface area contributed by atoms with Crippen molar-refractivity contribution in [2.45, 2.75) is 39.3 Å². The first kappa shape index (κ1) is 16.0. The zero-order valence-corrected chi connectivity index (χ0v) is 14.0. The molecule has 0 saturated heterocycles. The molecular weight excluding hydrogens is 286 g/mol. The third-order valence-corrected chi connectivity index (χ3v) is 4.33. The lowest BCUT2D eigenvalue weighted by Crippen LogP contribution is -2.36. The standard InChI is InChI=1S/C20H25NO2/c1-20(2)12-17(22)11-19(13-20)23-18-9-6-10-21(15-18)14-16-7-4-3-5-8-16/h3-9,11,18H,10,12-15H2,1-2H3. The molecule has 0 saturated carbocycles. The first-order valence-corrected chi connectivity index (χ1v) is 8.33. The second kappa shape index (κ2) is 6.71. The van der Waals surface area contributed by atoms with Crippen molar-refractivity contribution in [2.24, 2.45) is 5.41 Å². The van der Waals surface area contributed by atoms with Crippen molar-refractivity contribution >= 4 is 5.78 Å². The van der Waals surface area contributed by atoms with Crippen LogP contribution in [0.15, 0.2) is 54.3 Å². The lowest BCUT2D eigenvalue weighted by Gasteiger charge is -2.33. The molecule has 0 aromatic heterocycles. The zero-order valence-electron chi connectivity index (χ0n) is 14.0. The Labute approximate surface area is 138 Å². The number of carbonyl (C=O) groups is 1. The van der Waals surface area contributed by atoms with E-state index in [1.165, 1.54) is 5.56 Å². The van der Waals surface area contributed by atoms with Crippen LogP contribution in [-0.4, -0.2) is 29.9 Å². The van der Waals surface area contributed by atoms with Crippen molar-refractivity contribution in [2.75, 3.05) is 13.1 Å². The van der Waals surface area contributed by atoms with Gasteiger partial charge in [-0.2, -0.15) is 0 Å². The minimum absolute atomic E-state index is 0.00325. The molecule has 3 nitrogen and oxygen atoms in total. The normalized spacial score (nSPS) is 24.3. The van der Waals surface area contributed by atoms with Crippen LogP contribution in [0.1, 0.15) is 32.3 Å². The number of hydrogen-bond acceptors (Lipinski definition) is 3. The van der Waals surface area contributed by atoms with Crippen molar-refractivity contribution in [1.29, 1.82) is 0 Å². The van der Waals surface area contributed by atoms with E-state index in [0.717, 1.165) is 31.8 Å². The third kappa shape index (κ3) is 4.55. The smallest absolute Gasteiger partial charge is 0.159 e. The molecule has 1 aromatic carbocycles. The van der Waals surface area contributed by atoms with Gasteiger partial charge in [0.1, 0.15) is 11.9 Å². The summed E-state index contributed by atoms with van der Waals surface area (Å²) in [5.74, 6) is 1.01. The Morgan fingerprint density at radius 3 is 2.74 bits per heavy atom. The van der Waals surface area contributed by atoms with E-state index in [0.29, 0.717) is 6.42 Å². The number of benzene rings is 1. The number of allylic oxidation sites excluding steroid dienone is 2. The minimum atomic E-state index is 0.00325. The maximum absolute atomic E-state index is 11.9. The van der Waals surface area contributed by atoms with Crippen molar-refractivity contribution in [3.63, 3.8) is 0 Å².